The zero-order valence-electron chi connectivity index (χ0n) is 9.65. The first kappa shape index (κ1) is 11.8. The van der Waals surface area contributed by atoms with E-state index in [-0.39, 0.29) is 18.4 Å². The van der Waals surface area contributed by atoms with E-state index < -0.39 is 5.60 Å². The molecule has 92 valence electrons. The van der Waals surface area contributed by atoms with Crippen LogP contribution in [-0.2, 0) is 14.3 Å². The molecule has 2 rings (SSSR count). The quantitative estimate of drug-likeness (QED) is 0.726. The van der Waals surface area contributed by atoms with Crippen molar-refractivity contribution in [3.63, 3.8) is 0 Å². The zero-order chi connectivity index (χ0) is 11.6. The van der Waals surface area contributed by atoms with Crippen molar-refractivity contribution >= 4 is 5.91 Å². The monoisotopic (exact) mass is 229 g/mol. The lowest BCUT2D eigenvalue weighted by Crippen LogP contribution is -2.51. The number of hydrogen-bond donors (Lipinski definition) is 1. The lowest BCUT2D eigenvalue weighted by molar-refractivity contribution is -0.150. The maximum absolute atomic E-state index is 11.9. The minimum absolute atomic E-state index is 0.00213. The van der Waals surface area contributed by atoms with Crippen LogP contribution in [0.3, 0.4) is 0 Å². The maximum Gasteiger partial charge on any atom is 0.225 e. The van der Waals surface area contributed by atoms with Crippen molar-refractivity contribution in [2.75, 3.05) is 33.5 Å². The van der Waals surface area contributed by atoms with E-state index in [2.05, 4.69) is 0 Å². The summed E-state index contributed by atoms with van der Waals surface area (Å²) in [4.78, 5) is 13.6. The Hall–Kier alpha value is -0.650. The molecule has 0 aliphatic carbocycles. The Morgan fingerprint density at radius 3 is 2.50 bits per heavy atom. The van der Waals surface area contributed by atoms with Crippen LogP contribution in [0.5, 0.6) is 0 Å². The Morgan fingerprint density at radius 2 is 2.00 bits per heavy atom. The molecule has 0 aromatic carbocycles. The van der Waals surface area contributed by atoms with E-state index in [1.54, 1.807) is 11.9 Å². The van der Waals surface area contributed by atoms with Gasteiger partial charge in [0.05, 0.1) is 31.3 Å². The second kappa shape index (κ2) is 4.69. The van der Waals surface area contributed by atoms with Gasteiger partial charge in [0.1, 0.15) is 0 Å². The highest BCUT2D eigenvalue weighted by atomic mass is 16.5. The normalized spacial score (nSPS) is 24.9. The van der Waals surface area contributed by atoms with Gasteiger partial charge in [-0.3, -0.25) is 4.79 Å². The number of hydrogen-bond acceptors (Lipinski definition) is 4. The van der Waals surface area contributed by atoms with Gasteiger partial charge in [0.25, 0.3) is 0 Å². The molecule has 2 aliphatic rings. The highest BCUT2D eigenvalue weighted by Gasteiger charge is 2.35. The Kier molecular flexibility index (Phi) is 3.47. The molecule has 0 saturated carbocycles. The lowest BCUT2D eigenvalue weighted by Gasteiger charge is -2.37. The van der Waals surface area contributed by atoms with Crippen molar-refractivity contribution in [3.05, 3.63) is 0 Å². The molecule has 5 heteroatoms. The fraction of sp³-hybridized carbons (Fsp3) is 0.909. The van der Waals surface area contributed by atoms with Gasteiger partial charge in [-0.25, -0.2) is 0 Å². The molecule has 2 saturated heterocycles. The molecular weight excluding hydrogens is 210 g/mol. The molecule has 0 aromatic rings. The third-order valence-corrected chi connectivity index (χ3v) is 3.47. The van der Waals surface area contributed by atoms with Gasteiger partial charge in [-0.2, -0.15) is 0 Å². The summed E-state index contributed by atoms with van der Waals surface area (Å²) in [6.45, 7) is 2.31. The van der Waals surface area contributed by atoms with Crippen LogP contribution in [0.2, 0.25) is 0 Å². The molecule has 2 aliphatic heterocycles. The van der Waals surface area contributed by atoms with Crippen molar-refractivity contribution in [1.29, 1.82) is 0 Å². The maximum atomic E-state index is 11.9. The van der Waals surface area contributed by atoms with Gasteiger partial charge in [0.2, 0.25) is 5.91 Å². The van der Waals surface area contributed by atoms with E-state index in [9.17, 15) is 9.90 Å². The van der Waals surface area contributed by atoms with Gasteiger partial charge in [-0.15, -0.1) is 0 Å². The molecular formula is C11H19NO4. The topological polar surface area (TPSA) is 59.0 Å². The Labute approximate surface area is 95.3 Å². The molecule has 2 heterocycles. The summed E-state index contributed by atoms with van der Waals surface area (Å²) in [5.74, 6) is -0.00213. The molecule has 0 aromatic heterocycles. The van der Waals surface area contributed by atoms with Crippen molar-refractivity contribution in [1.82, 2.24) is 4.90 Å². The van der Waals surface area contributed by atoms with Crippen LogP contribution in [0, 0.1) is 0 Å². The molecule has 5 nitrogen and oxygen atoms in total. The summed E-state index contributed by atoms with van der Waals surface area (Å²) in [7, 11) is 1.78. The van der Waals surface area contributed by atoms with Crippen molar-refractivity contribution in [3.8, 4) is 0 Å². The van der Waals surface area contributed by atoms with Gasteiger partial charge in [-0.1, -0.05) is 0 Å². The average Bonchev–Trinajstić information content (AvgIpc) is 2.15. The molecule has 2 fully saturated rings. The molecule has 16 heavy (non-hydrogen) atoms. The van der Waals surface area contributed by atoms with Gasteiger partial charge in [0.15, 0.2) is 0 Å². The zero-order valence-corrected chi connectivity index (χ0v) is 9.65. The van der Waals surface area contributed by atoms with Gasteiger partial charge in [-0.05, 0) is 0 Å². The largest absolute Gasteiger partial charge is 0.389 e. The molecule has 0 spiro atoms. The van der Waals surface area contributed by atoms with Crippen LogP contribution >= 0.6 is 0 Å². The summed E-state index contributed by atoms with van der Waals surface area (Å²) in [6, 6.07) is 0.191. The van der Waals surface area contributed by atoms with Crippen LogP contribution in [0.4, 0.5) is 0 Å². The molecule has 0 atom stereocenters. The number of nitrogens with zero attached hydrogens (tertiary/aromatic N) is 1. The predicted molar refractivity (Wildman–Crippen MR) is 57.0 cm³/mol. The number of carbonyl (C=O) groups is 1. The number of amides is 1. The third-order valence-electron chi connectivity index (χ3n) is 3.47. The highest BCUT2D eigenvalue weighted by molar-refractivity contribution is 5.77. The Bertz CT molecular complexity index is 259. The van der Waals surface area contributed by atoms with Crippen LogP contribution in [0.15, 0.2) is 0 Å². The molecule has 0 bridgehead atoms. The van der Waals surface area contributed by atoms with Crippen LogP contribution in [0.25, 0.3) is 0 Å². The first-order valence-electron chi connectivity index (χ1n) is 5.74. The summed E-state index contributed by atoms with van der Waals surface area (Å²) in [5.41, 5.74) is -0.867. The van der Waals surface area contributed by atoms with Crippen molar-refractivity contribution in [2.24, 2.45) is 0 Å². The summed E-state index contributed by atoms with van der Waals surface area (Å²) >= 11 is 0. The minimum Gasteiger partial charge on any atom is -0.389 e. The standard InChI is InChI=1S/C11H19NO4/c1-12(9-7-16-8-9)10(13)6-11(14)2-4-15-5-3-11/h9,14H,2-8H2,1H3. The summed E-state index contributed by atoms with van der Waals surface area (Å²) < 4.78 is 10.2. The predicted octanol–water partition coefficient (Wildman–Crippen LogP) is -0.225. The van der Waals surface area contributed by atoms with E-state index in [0.29, 0.717) is 39.3 Å². The summed E-state index contributed by atoms with van der Waals surface area (Å²) in [6.07, 6.45) is 1.30. The first-order valence-corrected chi connectivity index (χ1v) is 5.74. The number of likely N-dealkylation sites (N-methyl/N-ethyl adjacent to an activating group) is 1. The SMILES string of the molecule is CN(C(=O)CC1(O)CCOCC1)C1COC1. The van der Waals surface area contributed by atoms with Crippen molar-refractivity contribution < 1.29 is 19.4 Å². The van der Waals surface area contributed by atoms with Gasteiger partial charge >= 0.3 is 0 Å². The molecule has 1 N–H and O–H groups in total. The van der Waals surface area contributed by atoms with Crippen molar-refractivity contribution in [2.45, 2.75) is 30.9 Å². The minimum atomic E-state index is -0.867. The lowest BCUT2D eigenvalue weighted by atomic mass is 9.90. The Morgan fingerprint density at radius 1 is 1.38 bits per heavy atom. The highest BCUT2D eigenvalue weighted by Crippen LogP contribution is 2.25. The fourth-order valence-electron chi connectivity index (χ4n) is 1.98. The second-order valence-electron chi connectivity index (χ2n) is 4.71. The van der Waals surface area contributed by atoms with Crippen LogP contribution in [-0.4, -0.2) is 61.0 Å². The average molecular weight is 229 g/mol. The molecule has 0 unspecified atom stereocenters. The number of rotatable bonds is 3. The second-order valence-corrected chi connectivity index (χ2v) is 4.71. The number of aliphatic hydroxyl groups is 1. The number of ether oxygens (including phenoxy) is 2. The fourth-order valence-corrected chi connectivity index (χ4v) is 1.98. The van der Waals surface area contributed by atoms with Gasteiger partial charge < -0.3 is 19.5 Å². The van der Waals surface area contributed by atoms with Gasteiger partial charge in [0, 0.05) is 33.1 Å². The van der Waals surface area contributed by atoms with E-state index >= 15 is 0 Å². The van der Waals surface area contributed by atoms with Crippen LogP contribution < -0.4 is 0 Å². The smallest absolute Gasteiger partial charge is 0.225 e. The van der Waals surface area contributed by atoms with Crippen LogP contribution in [0.1, 0.15) is 19.3 Å². The van der Waals surface area contributed by atoms with E-state index in [1.807, 2.05) is 0 Å². The molecule has 0 radical (unpaired) electrons. The van der Waals surface area contributed by atoms with E-state index in [4.69, 9.17) is 9.47 Å². The Balaban J connectivity index is 1.85. The third kappa shape index (κ3) is 2.53. The van der Waals surface area contributed by atoms with E-state index in [1.165, 1.54) is 0 Å². The first-order chi connectivity index (χ1) is 7.61. The molecule has 1 amide bonds. The summed E-state index contributed by atoms with van der Waals surface area (Å²) in [5, 5.41) is 10.2. The van der Waals surface area contributed by atoms with E-state index in [0.717, 1.165) is 0 Å². The number of carbonyl (C=O) groups excluding carboxylic acids is 1.